The summed E-state index contributed by atoms with van der Waals surface area (Å²) in [6.07, 6.45) is 5.38. The molecule has 3 rings (SSSR count). The number of esters is 1. The molecule has 1 fully saturated rings. The van der Waals surface area contributed by atoms with Crippen molar-refractivity contribution in [3.63, 3.8) is 0 Å². The van der Waals surface area contributed by atoms with Crippen molar-refractivity contribution in [3.8, 4) is 5.75 Å². The van der Waals surface area contributed by atoms with Gasteiger partial charge < -0.3 is 14.8 Å². The number of aryl methyl sites for hydroxylation is 1. The Morgan fingerprint density at radius 1 is 0.968 bits per heavy atom. The zero-order chi connectivity index (χ0) is 22.2. The molecule has 0 saturated heterocycles. The lowest BCUT2D eigenvalue weighted by molar-refractivity contribution is -0.131. The van der Waals surface area contributed by atoms with E-state index in [1.165, 1.54) is 26.2 Å². The Labute approximate surface area is 182 Å². The van der Waals surface area contributed by atoms with Crippen LogP contribution in [0.5, 0.6) is 5.75 Å². The smallest absolute Gasteiger partial charge is 0.411 e. The van der Waals surface area contributed by atoms with Crippen LogP contribution in [0.15, 0.2) is 42.5 Å². The maximum Gasteiger partial charge on any atom is 0.411 e. The summed E-state index contributed by atoms with van der Waals surface area (Å²) in [5, 5.41) is 5.57. The van der Waals surface area contributed by atoms with Crippen molar-refractivity contribution in [2.24, 2.45) is 5.92 Å². The van der Waals surface area contributed by atoms with Gasteiger partial charge in [-0.3, -0.25) is 14.9 Å². The Kier molecular flexibility index (Phi) is 7.65. The van der Waals surface area contributed by atoms with Crippen LogP contribution in [0, 0.1) is 12.8 Å². The molecule has 7 nitrogen and oxygen atoms in total. The number of hydrogen-bond acceptors (Lipinski definition) is 5. The summed E-state index contributed by atoms with van der Waals surface area (Å²) in [4.78, 5) is 35.7. The molecule has 0 spiro atoms. The highest BCUT2D eigenvalue weighted by Crippen LogP contribution is 2.25. The largest absolute Gasteiger partial charge is 0.449 e. The van der Waals surface area contributed by atoms with Gasteiger partial charge in [-0.05, 0) is 67.6 Å². The molecule has 1 aliphatic rings. The van der Waals surface area contributed by atoms with Gasteiger partial charge in [-0.25, -0.2) is 4.79 Å². The topological polar surface area (TPSA) is 93.7 Å². The molecule has 164 valence electrons. The summed E-state index contributed by atoms with van der Waals surface area (Å²) in [5.41, 5.74) is 2.39. The van der Waals surface area contributed by atoms with Crippen LogP contribution in [0.25, 0.3) is 0 Å². The first-order valence-electron chi connectivity index (χ1n) is 10.5. The van der Waals surface area contributed by atoms with Crippen LogP contribution in [0.4, 0.5) is 16.2 Å². The van der Waals surface area contributed by atoms with E-state index in [2.05, 4.69) is 10.6 Å². The van der Waals surface area contributed by atoms with Crippen LogP contribution in [0.1, 0.15) is 54.9 Å². The van der Waals surface area contributed by atoms with E-state index in [0.29, 0.717) is 35.2 Å². The maximum atomic E-state index is 12.6. The molecular formula is C24H28N2O5. The highest BCUT2D eigenvalue weighted by atomic mass is 16.5. The summed E-state index contributed by atoms with van der Waals surface area (Å²) in [6.45, 7) is 3.62. The monoisotopic (exact) mass is 424 g/mol. The van der Waals surface area contributed by atoms with Crippen molar-refractivity contribution in [2.45, 2.75) is 46.0 Å². The quantitative estimate of drug-likeness (QED) is 0.485. The molecular weight excluding hydrogens is 396 g/mol. The van der Waals surface area contributed by atoms with E-state index in [9.17, 15) is 14.4 Å². The molecule has 2 amide bonds. The van der Waals surface area contributed by atoms with Gasteiger partial charge in [-0.1, -0.05) is 25.3 Å². The number of hydrogen-bond donors (Lipinski definition) is 2. The molecule has 31 heavy (non-hydrogen) atoms. The fourth-order valence-electron chi connectivity index (χ4n) is 3.57. The number of amides is 2. The average Bonchev–Trinajstić information content (AvgIpc) is 2.75. The first-order chi connectivity index (χ1) is 14.9. The highest BCUT2D eigenvalue weighted by molar-refractivity contribution is 6.05. The van der Waals surface area contributed by atoms with Gasteiger partial charge >= 0.3 is 12.1 Å². The Bertz CT molecular complexity index is 933. The fraction of sp³-hybridized carbons (Fsp3) is 0.375. The van der Waals surface area contributed by atoms with Crippen LogP contribution in [0.3, 0.4) is 0 Å². The molecule has 2 aromatic rings. The third-order valence-electron chi connectivity index (χ3n) is 5.29. The summed E-state index contributed by atoms with van der Waals surface area (Å²) in [6, 6.07) is 11.5. The van der Waals surface area contributed by atoms with E-state index >= 15 is 0 Å². The van der Waals surface area contributed by atoms with Gasteiger partial charge in [0.25, 0.3) is 5.91 Å². The average molecular weight is 424 g/mol. The minimum absolute atomic E-state index is 0.311. The second-order valence-electron chi connectivity index (χ2n) is 7.83. The molecule has 2 aromatic carbocycles. The molecule has 0 unspecified atom stereocenters. The lowest BCUT2D eigenvalue weighted by Gasteiger charge is -2.21. The van der Waals surface area contributed by atoms with E-state index in [0.717, 1.165) is 18.4 Å². The maximum absolute atomic E-state index is 12.6. The van der Waals surface area contributed by atoms with Crippen LogP contribution in [0.2, 0.25) is 0 Å². The molecule has 0 aliphatic heterocycles. The number of carbonyl (C=O) groups is 3. The zero-order valence-corrected chi connectivity index (χ0v) is 17.9. The third-order valence-corrected chi connectivity index (χ3v) is 5.29. The predicted octanol–water partition coefficient (Wildman–Crippen LogP) is 5.30. The van der Waals surface area contributed by atoms with Gasteiger partial charge in [0.1, 0.15) is 5.75 Å². The van der Waals surface area contributed by atoms with E-state index in [1.54, 1.807) is 36.4 Å². The lowest BCUT2D eigenvalue weighted by atomic mass is 9.90. The van der Waals surface area contributed by atoms with Gasteiger partial charge in [0.2, 0.25) is 0 Å². The van der Waals surface area contributed by atoms with Crippen LogP contribution < -0.4 is 15.4 Å². The van der Waals surface area contributed by atoms with Crippen molar-refractivity contribution in [2.75, 3.05) is 17.2 Å². The molecule has 1 aliphatic carbocycles. The molecule has 0 atom stereocenters. The minimum atomic E-state index is -0.493. The van der Waals surface area contributed by atoms with Crippen molar-refractivity contribution < 1.29 is 23.9 Å². The summed E-state index contributed by atoms with van der Waals surface area (Å²) < 4.78 is 10.3. The second kappa shape index (κ2) is 10.6. The molecule has 0 aromatic heterocycles. The molecule has 0 heterocycles. The Morgan fingerprint density at radius 2 is 1.68 bits per heavy atom. The Balaban J connectivity index is 1.57. The van der Waals surface area contributed by atoms with Crippen LogP contribution in [-0.4, -0.2) is 24.6 Å². The Hall–Kier alpha value is -3.35. The first kappa shape index (κ1) is 22.3. The number of rotatable bonds is 6. The standard InChI is InChI=1S/C24H28N2O5/c1-16-8-11-20(25-24(29)30-15-18-6-4-3-5-7-18)14-22(16)26-23(28)19-9-12-21(13-10-19)31-17(2)27/h8-14,18H,3-7,15H2,1-2H3,(H,25,29)(H,26,28). The van der Waals surface area contributed by atoms with E-state index in [1.807, 2.05) is 13.0 Å². The number of nitrogens with one attached hydrogen (secondary N) is 2. The highest BCUT2D eigenvalue weighted by Gasteiger charge is 2.16. The number of ether oxygens (including phenoxy) is 2. The summed E-state index contributed by atoms with van der Waals surface area (Å²) in [7, 11) is 0. The summed E-state index contributed by atoms with van der Waals surface area (Å²) in [5.74, 6) is 0.0849. The van der Waals surface area contributed by atoms with Crippen molar-refractivity contribution in [3.05, 3.63) is 53.6 Å². The van der Waals surface area contributed by atoms with Crippen LogP contribution in [-0.2, 0) is 9.53 Å². The fourth-order valence-corrected chi connectivity index (χ4v) is 3.57. The summed E-state index contributed by atoms with van der Waals surface area (Å²) >= 11 is 0. The molecule has 7 heteroatoms. The molecule has 0 bridgehead atoms. The zero-order valence-electron chi connectivity index (χ0n) is 17.9. The number of anilines is 2. The van der Waals surface area contributed by atoms with E-state index in [-0.39, 0.29) is 5.91 Å². The van der Waals surface area contributed by atoms with Crippen molar-refractivity contribution >= 4 is 29.3 Å². The lowest BCUT2D eigenvalue weighted by Crippen LogP contribution is -2.20. The van der Waals surface area contributed by atoms with Gasteiger partial charge in [0.05, 0.1) is 6.61 Å². The minimum Gasteiger partial charge on any atom is -0.449 e. The van der Waals surface area contributed by atoms with Gasteiger partial charge in [-0.2, -0.15) is 0 Å². The van der Waals surface area contributed by atoms with Crippen molar-refractivity contribution in [1.29, 1.82) is 0 Å². The predicted molar refractivity (Wildman–Crippen MR) is 118 cm³/mol. The SMILES string of the molecule is CC(=O)Oc1ccc(C(=O)Nc2cc(NC(=O)OCC3CCCCC3)ccc2C)cc1. The number of carbonyl (C=O) groups excluding carboxylic acids is 3. The van der Waals surface area contributed by atoms with E-state index in [4.69, 9.17) is 9.47 Å². The van der Waals surface area contributed by atoms with Gasteiger partial charge in [0, 0.05) is 23.9 Å². The second-order valence-corrected chi connectivity index (χ2v) is 7.83. The third kappa shape index (κ3) is 6.84. The molecule has 0 radical (unpaired) electrons. The van der Waals surface area contributed by atoms with Crippen molar-refractivity contribution in [1.82, 2.24) is 0 Å². The number of benzene rings is 2. The van der Waals surface area contributed by atoms with Crippen LogP contribution >= 0.6 is 0 Å². The Morgan fingerprint density at radius 3 is 2.35 bits per heavy atom. The molecule has 2 N–H and O–H groups in total. The first-order valence-corrected chi connectivity index (χ1v) is 10.5. The normalized spacial score (nSPS) is 13.9. The van der Waals surface area contributed by atoms with Gasteiger partial charge in [-0.15, -0.1) is 0 Å². The van der Waals surface area contributed by atoms with E-state index < -0.39 is 12.1 Å². The molecule has 1 saturated carbocycles. The van der Waals surface area contributed by atoms with Gasteiger partial charge in [0.15, 0.2) is 0 Å².